The average molecular weight is 321 g/mol. The molecule has 24 heavy (non-hydrogen) atoms. The molecular weight excluding hydrogens is 309 g/mol. The van der Waals surface area contributed by atoms with Crippen LogP contribution in [0.1, 0.15) is 5.56 Å². The highest BCUT2D eigenvalue weighted by Gasteiger charge is 2.16. The number of halogens is 1. The number of aryl methyl sites for hydroxylation is 1. The van der Waals surface area contributed by atoms with E-state index in [9.17, 15) is 14.0 Å². The summed E-state index contributed by atoms with van der Waals surface area (Å²) in [5, 5.41) is 1.82. The third-order valence-electron chi connectivity index (χ3n) is 3.99. The van der Waals surface area contributed by atoms with E-state index >= 15 is 0 Å². The Balaban J connectivity index is 2.13. The summed E-state index contributed by atoms with van der Waals surface area (Å²) in [6.45, 7) is 1.92. The smallest absolute Gasteiger partial charge is 0.304 e. The average Bonchev–Trinajstić information content (AvgIpc) is 2.55. The molecule has 2 aromatic heterocycles. The van der Waals surface area contributed by atoms with E-state index in [2.05, 4.69) is 15.0 Å². The van der Waals surface area contributed by atoms with Gasteiger partial charge in [-0.05, 0) is 29.3 Å². The molecule has 0 amide bonds. The van der Waals surface area contributed by atoms with Crippen molar-refractivity contribution in [3.05, 3.63) is 74.8 Å². The first-order valence-electron chi connectivity index (χ1n) is 7.35. The van der Waals surface area contributed by atoms with Crippen LogP contribution >= 0.6 is 0 Å². The number of pyridine rings is 1. The van der Waals surface area contributed by atoms with Crippen LogP contribution in [0.5, 0.6) is 0 Å². The zero-order valence-corrected chi connectivity index (χ0v) is 12.7. The van der Waals surface area contributed by atoms with E-state index in [-0.39, 0.29) is 16.6 Å². The van der Waals surface area contributed by atoms with E-state index in [4.69, 9.17) is 0 Å². The van der Waals surface area contributed by atoms with Gasteiger partial charge in [-0.25, -0.2) is 9.18 Å². The second-order valence-electron chi connectivity index (χ2n) is 5.65. The van der Waals surface area contributed by atoms with E-state index < -0.39 is 17.1 Å². The minimum atomic E-state index is -0.752. The standard InChI is InChI=1S/C18H12FN3O2/c1-9-6-10-4-2-3-5-11(10)12(7-9)15-14(19)16-13(8-20-15)17(23)22-18(24)21-16/h2-8H,1H3,(H2,21,22,23,24). The molecule has 0 aliphatic rings. The predicted molar refractivity (Wildman–Crippen MR) is 90.6 cm³/mol. The molecule has 2 heterocycles. The highest BCUT2D eigenvalue weighted by molar-refractivity contribution is 5.98. The van der Waals surface area contributed by atoms with Crippen molar-refractivity contribution in [1.82, 2.24) is 15.0 Å². The minimum Gasteiger partial charge on any atom is -0.304 e. The highest BCUT2D eigenvalue weighted by atomic mass is 19.1. The van der Waals surface area contributed by atoms with Crippen LogP contribution in [0.2, 0.25) is 0 Å². The van der Waals surface area contributed by atoms with Crippen molar-refractivity contribution >= 4 is 21.7 Å². The van der Waals surface area contributed by atoms with Crippen molar-refractivity contribution in [2.45, 2.75) is 6.92 Å². The van der Waals surface area contributed by atoms with Crippen molar-refractivity contribution in [2.75, 3.05) is 0 Å². The van der Waals surface area contributed by atoms with Gasteiger partial charge in [0, 0.05) is 11.8 Å². The molecule has 118 valence electrons. The molecule has 6 heteroatoms. The third kappa shape index (κ3) is 2.11. The first-order valence-corrected chi connectivity index (χ1v) is 7.35. The van der Waals surface area contributed by atoms with Crippen LogP contribution in [0.15, 0.2) is 52.2 Å². The van der Waals surface area contributed by atoms with E-state index in [1.165, 1.54) is 6.20 Å². The maximum atomic E-state index is 15.0. The third-order valence-corrected chi connectivity index (χ3v) is 3.99. The zero-order chi connectivity index (χ0) is 16.8. The molecule has 0 radical (unpaired) electrons. The second kappa shape index (κ2) is 5.13. The Kier molecular flexibility index (Phi) is 3.06. The van der Waals surface area contributed by atoms with Crippen LogP contribution in [0.3, 0.4) is 0 Å². The van der Waals surface area contributed by atoms with Crippen LogP contribution in [-0.2, 0) is 0 Å². The number of rotatable bonds is 1. The quantitative estimate of drug-likeness (QED) is 0.566. The normalized spacial score (nSPS) is 11.2. The van der Waals surface area contributed by atoms with Crippen LogP contribution in [0.4, 0.5) is 4.39 Å². The predicted octanol–water partition coefficient (Wildman–Crippen LogP) is 2.88. The molecule has 4 aromatic rings. The van der Waals surface area contributed by atoms with Gasteiger partial charge in [0.2, 0.25) is 0 Å². The molecule has 0 saturated carbocycles. The van der Waals surface area contributed by atoms with Gasteiger partial charge in [-0.2, -0.15) is 0 Å². The van der Waals surface area contributed by atoms with Gasteiger partial charge in [0.25, 0.3) is 5.56 Å². The number of aromatic amines is 2. The summed E-state index contributed by atoms with van der Waals surface area (Å²) in [6, 6.07) is 11.4. The maximum absolute atomic E-state index is 15.0. The number of benzene rings is 2. The lowest BCUT2D eigenvalue weighted by molar-refractivity contribution is 0.634. The number of fused-ring (bicyclic) bond motifs is 2. The topological polar surface area (TPSA) is 78.6 Å². The molecule has 5 nitrogen and oxygen atoms in total. The fourth-order valence-electron chi connectivity index (χ4n) is 2.94. The first kappa shape index (κ1) is 14.3. The first-order chi connectivity index (χ1) is 11.5. The molecular formula is C18H12FN3O2. The van der Waals surface area contributed by atoms with Crippen molar-refractivity contribution < 1.29 is 4.39 Å². The second-order valence-corrected chi connectivity index (χ2v) is 5.65. The van der Waals surface area contributed by atoms with Gasteiger partial charge in [-0.3, -0.25) is 14.8 Å². The van der Waals surface area contributed by atoms with E-state index in [0.717, 1.165) is 16.3 Å². The molecule has 0 aliphatic carbocycles. The maximum Gasteiger partial charge on any atom is 0.326 e. The van der Waals surface area contributed by atoms with Gasteiger partial charge in [0.05, 0.1) is 10.9 Å². The number of hydrogen-bond acceptors (Lipinski definition) is 3. The number of hydrogen-bond donors (Lipinski definition) is 2. The van der Waals surface area contributed by atoms with Gasteiger partial charge < -0.3 is 4.98 Å². The molecule has 0 saturated heterocycles. The molecule has 0 atom stereocenters. The molecule has 0 bridgehead atoms. The monoisotopic (exact) mass is 321 g/mol. The number of nitrogens with zero attached hydrogens (tertiary/aromatic N) is 1. The molecule has 0 unspecified atom stereocenters. The van der Waals surface area contributed by atoms with Crippen molar-refractivity contribution in [3.8, 4) is 11.3 Å². The molecule has 0 spiro atoms. The molecule has 4 rings (SSSR count). The van der Waals surface area contributed by atoms with Crippen molar-refractivity contribution in [3.63, 3.8) is 0 Å². The van der Waals surface area contributed by atoms with Gasteiger partial charge in [0.1, 0.15) is 5.69 Å². The summed E-state index contributed by atoms with van der Waals surface area (Å²) in [5.74, 6) is -0.716. The fourth-order valence-corrected chi connectivity index (χ4v) is 2.94. The van der Waals surface area contributed by atoms with E-state index in [1.807, 2.05) is 43.3 Å². The lowest BCUT2D eigenvalue weighted by Gasteiger charge is -2.10. The number of aromatic nitrogens is 3. The van der Waals surface area contributed by atoms with Crippen molar-refractivity contribution in [1.29, 1.82) is 0 Å². The van der Waals surface area contributed by atoms with Crippen LogP contribution in [-0.4, -0.2) is 15.0 Å². The van der Waals surface area contributed by atoms with Gasteiger partial charge >= 0.3 is 5.69 Å². The Morgan fingerprint density at radius 2 is 1.83 bits per heavy atom. The Morgan fingerprint density at radius 1 is 1.04 bits per heavy atom. The SMILES string of the molecule is Cc1cc(-c2ncc3c(=O)[nH]c(=O)[nH]c3c2F)c2ccccc2c1. The van der Waals surface area contributed by atoms with Crippen LogP contribution in [0.25, 0.3) is 32.9 Å². The Labute approximate surface area is 134 Å². The lowest BCUT2D eigenvalue weighted by Crippen LogP contribution is -2.22. The summed E-state index contributed by atoms with van der Waals surface area (Å²) in [7, 11) is 0. The van der Waals surface area contributed by atoms with E-state index in [1.54, 1.807) is 0 Å². The summed E-state index contributed by atoms with van der Waals surface area (Å²) in [6.07, 6.45) is 1.28. The zero-order valence-electron chi connectivity index (χ0n) is 12.7. The Hall–Kier alpha value is -3.28. The van der Waals surface area contributed by atoms with Crippen LogP contribution in [0, 0.1) is 12.7 Å². The fraction of sp³-hybridized carbons (Fsp3) is 0.0556. The van der Waals surface area contributed by atoms with Gasteiger partial charge in [0.15, 0.2) is 5.82 Å². The summed E-state index contributed by atoms with van der Waals surface area (Å²) in [5.41, 5.74) is 0.122. The number of H-pyrrole nitrogens is 2. The summed E-state index contributed by atoms with van der Waals surface area (Å²) >= 11 is 0. The molecule has 2 N–H and O–H groups in total. The summed E-state index contributed by atoms with van der Waals surface area (Å²) in [4.78, 5) is 31.8. The highest BCUT2D eigenvalue weighted by Crippen LogP contribution is 2.31. The van der Waals surface area contributed by atoms with Gasteiger partial charge in [-0.1, -0.05) is 30.3 Å². The van der Waals surface area contributed by atoms with Gasteiger partial charge in [-0.15, -0.1) is 0 Å². The Bertz CT molecular complexity index is 1220. The molecule has 2 aromatic carbocycles. The van der Waals surface area contributed by atoms with Crippen LogP contribution < -0.4 is 11.2 Å². The molecule has 0 fully saturated rings. The molecule has 0 aliphatic heterocycles. The van der Waals surface area contributed by atoms with E-state index in [0.29, 0.717) is 5.56 Å². The Morgan fingerprint density at radius 3 is 2.67 bits per heavy atom. The van der Waals surface area contributed by atoms with Crippen molar-refractivity contribution in [2.24, 2.45) is 0 Å². The minimum absolute atomic E-state index is 0.00723. The lowest BCUT2D eigenvalue weighted by atomic mass is 9.98. The largest absolute Gasteiger partial charge is 0.326 e. The number of nitrogens with one attached hydrogen (secondary N) is 2. The summed E-state index contributed by atoms with van der Waals surface area (Å²) < 4.78 is 15.0.